The molecule has 3 aromatic carbocycles. The topological polar surface area (TPSA) is 69.7 Å². The second-order valence-electron chi connectivity index (χ2n) is 8.73. The van der Waals surface area contributed by atoms with Crippen molar-refractivity contribution in [3.63, 3.8) is 0 Å². The quantitative estimate of drug-likeness (QED) is 0.328. The second-order valence-corrected chi connectivity index (χ2v) is 8.73. The van der Waals surface area contributed by atoms with E-state index in [-0.39, 0.29) is 0 Å². The van der Waals surface area contributed by atoms with E-state index < -0.39 is 23.4 Å². The number of rotatable bonds is 10. The third-order valence-electron chi connectivity index (χ3n) is 5.57. The Morgan fingerprint density at radius 2 is 1.06 bits per heavy atom. The van der Waals surface area contributed by atoms with Gasteiger partial charge in [-0.15, -0.1) is 0 Å². The average Bonchev–Trinajstić information content (AvgIpc) is 2.87. The van der Waals surface area contributed by atoms with Gasteiger partial charge in [-0.05, 0) is 59.7 Å². The van der Waals surface area contributed by atoms with Gasteiger partial charge in [0.15, 0.2) is 17.5 Å². The highest BCUT2D eigenvalue weighted by atomic mass is 16.2. The monoisotopic (exact) mass is 481 g/mol. The van der Waals surface area contributed by atoms with Crippen molar-refractivity contribution in [2.75, 3.05) is 43.3 Å². The van der Waals surface area contributed by atoms with Gasteiger partial charge in [0, 0.05) is 45.3 Å². The molecule has 0 aliphatic carbocycles. The molecular formula is C30H31N3O3. The molecule has 0 fully saturated rings. The lowest BCUT2D eigenvalue weighted by Gasteiger charge is -2.13. The lowest BCUT2D eigenvalue weighted by atomic mass is 9.95. The summed E-state index contributed by atoms with van der Waals surface area (Å²) in [5.74, 6) is -3.34. The van der Waals surface area contributed by atoms with Gasteiger partial charge in [0.25, 0.3) is 0 Å². The van der Waals surface area contributed by atoms with Crippen LogP contribution >= 0.6 is 0 Å². The predicted molar refractivity (Wildman–Crippen MR) is 148 cm³/mol. The van der Waals surface area contributed by atoms with Crippen LogP contribution in [0.5, 0.6) is 0 Å². The summed E-state index contributed by atoms with van der Waals surface area (Å²) in [4.78, 5) is 43.1. The van der Waals surface area contributed by atoms with E-state index in [2.05, 4.69) is 5.32 Å². The standard InChI is InChI=1S/C30H31N3O3/c1-32(2)25-16-10-22(11-17-25)14-20-27(34)29(30(36)31-24-8-6-5-7-9-24)28(35)21-15-23-12-18-26(19-13-23)33(3)4/h5-21,29H,1-4H3,(H,31,36)/b20-14+,21-15+. The number of amides is 1. The summed E-state index contributed by atoms with van der Waals surface area (Å²) in [6.07, 6.45) is 5.80. The number of benzene rings is 3. The molecule has 0 spiro atoms. The molecule has 184 valence electrons. The van der Waals surface area contributed by atoms with Crippen LogP contribution in [0.1, 0.15) is 11.1 Å². The molecule has 36 heavy (non-hydrogen) atoms. The van der Waals surface area contributed by atoms with Crippen LogP contribution in [0.3, 0.4) is 0 Å². The van der Waals surface area contributed by atoms with Crippen molar-refractivity contribution in [2.45, 2.75) is 0 Å². The van der Waals surface area contributed by atoms with Crippen LogP contribution in [0.25, 0.3) is 12.2 Å². The number of nitrogens with one attached hydrogen (secondary N) is 1. The van der Waals surface area contributed by atoms with Crippen molar-refractivity contribution < 1.29 is 14.4 Å². The highest BCUT2D eigenvalue weighted by molar-refractivity contribution is 6.28. The van der Waals surface area contributed by atoms with Crippen molar-refractivity contribution in [3.8, 4) is 0 Å². The molecule has 0 saturated heterocycles. The summed E-state index contributed by atoms with van der Waals surface area (Å²) in [7, 11) is 7.78. The molecule has 0 unspecified atom stereocenters. The fraction of sp³-hybridized carbons (Fsp3) is 0.167. The summed E-state index contributed by atoms with van der Waals surface area (Å²) in [6.45, 7) is 0. The minimum Gasteiger partial charge on any atom is -0.378 e. The molecule has 0 radical (unpaired) electrons. The van der Waals surface area contributed by atoms with E-state index in [1.807, 2.05) is 92.6 Å². The largest absolute Gasteiger partial charge is 0.378 e. The summed E-state index contributed by atoms with van der Waals surface area (Å²) in [5, 5.41) is 2.68. The van der Waals surface area contributed by atoms with Crippen LogP contribution in [0.2, 0.25) is 0 Å². The van der Waals surface area contributed by atoms with Gasteiger partial charge in [0.2, 0.25) is 5.91 Å². The number of anilines is 3. The Bertz CT molecular complexity index is 1170. The third-order valence-corrected chi connectivity index (χ3v) is 5.57. The van der Waals surface area contributed by atoms with Gasteiger partial charge < -0.3 is 15.1 Å². The minimum absolute atomic E-state index is 0.514. The fourth-order valence-electron chi connectivity index (χ4n) is 3.45. The molecule has 0 aromatic heterocycles. The molecule has 0 aliphatic heterocycles. The van der Waals surface area contributed by atoms with Crippen LogP contribution in [-0.4, -0.2) is 45.7 Å². The van der Waals surface area contributed by atoms with Crippen LogP contribution in [-0.2, 0) is 14.4 Å². The van der Waals surface area contributed by atoms with E-state index in [0.717, 1.165) is 22.5 Å². The van der Waals surface area contributed by atoms with Crippen LogP contribution in [0.4, 0.5) is 17.1 Å². The number of allylic oxidation sites excluding steroid dienone is 2. The zero-order valence-corrected chi connectivity index (χ0v) is 21.0. The number of hydrogen-bond acceptors (Lipinski definition) is 5. The average molecular weight is 482 g/mol. The normalized spacial score (nSPS) is 11.1. The molecule has 3 aromatic rings. The first-order valence-corrected chi connectivity index (χ1v) is 11.6. The highest BCUT2D eigenvalue weighted by Gasteiger charge is 2.31. The number of ketones is 2. The smallest absolute Gasteiger partial charge is 0.243 e. The molecule has 0 saturated carbocycles. The first-order chi connectivity index (χ1) is 17.2. The molecule has 6 nitrogen and oxygen atoms in total. The Morgan fingerprint density at radius 1 is 0.639 bits per heavy atom. The van der Waals surface area contributed by atoms with E-state index in [1.54, 1.807) is 36.4 Å². The number of carbonyl (C=O) groups is 3. The van der Waals surface area contributed by atoms with Crippen molar-refractivity contribution in [1.29, 1.82) is 0 Å². The zero-order valence-electron chi connectivity index (χ0n) is 21.0. The van der Waals surface area contributed by atoms with Gasteiger partial charge in [-0.2, -0.15) is 0 Å². The number of nitrogens with zero attached hydrogens (tertiary/aromatic N) is 2. The van der Waals surface area contributed by atoms with Crippen molar-refractivity contribution in [2.24, 2.45) is 5.92 Å². The van der Waals surface area contributed by atoms with E-state index in [4.69, 9.17) is 0 Å². The van der Waals surface area contributed by atoms with Gasteiger partial charge >= 0.3 is 0 Å². The maximum atomic E-state index is 13.1. The fourth-order valence-corrected chi connectivity index (χ4v) is 3.45. The van der Waals surface area contributed by atoms with Gasteiger partial charge in [0.1, 0.15) is 0 Å². The number of carbonyl (C=O) groups excluding carboxylic acids is 3. The summed E-state index contributed by atoms with van der Waals surface area (Å²) >= 11 is 0. The van der Waals surface area contributed by atoms with E-state index in [9.17, 15) is 14.4 Å². The molecule has 0 atom stereocenters. The Labute approximate surface area is 212 Å². The summed E-state index contributed by atoms with van der Waals surface area (Å²) < 4.78 is 0. The van der Waals surface area contributed by atoms with E-state index >= 15 is 0 Å². The van der Waals surface area contributed by atoms with E-state index in [1.165, 1.54) is 12.2 Å². The Morgan fingerprint density at radius 3 is 1.44 bits per heavy atom. The zero-order chi connectivity index (χ0) is 26.1. The molecule has 0 aliphatic rings. The van der Waals surface area contributed by atoms with Crippen LogP contribution in [0, 0.1) is 5.92 Å². The minimum atomic E-state index is -1.50. The lowest BCUT2D eigenvalue weighted by Crippen LogP contribution is -2.34. The van der Waals surface area contributed by atoms with Gasteiger partial charge in [0.05, 0.1) is 0 Å². The Kier molecular flexibility index (Phi) is 8.95. The molecular weight excluding hydrogens is 450 g/mol. The number of hydrogen-bond donors (Lipinski definition) is 1. The first kappa shape index (κ1) is 26.2. The lowest BCUT2D eigenvalue weighted by molar-refractivity contribution is -0.134. The Balaban J connectivity index is 1.81. The molecule has 0 heterocycles. The molecule has 1 N–H and O–H groups in total. The maximum absolute atomic E-state index is 13.1. The van der Waals surface area contributed by atoms with E-state index in [0.29, 0.717) is 5.69 Å². The first-order valence-electron chi connectivity index (χ1n) is 11.6. The van der Waals surface area contributed by atoms with Gasteiger partial charge in [-0.3, -0.25) is 14.4 Å². The molecule has 0 bridgehead atoms. The SMILES string of the molecule is CN(C)c1ccc(/C=C/C(=O)C(C(=O)/C=C/c2ccc(N(C)C)cc2)C(=O)Nc2ccccc2)cc1. The van der Waals surface area contributed by atoms with Crippen molar-refractivity contribution in [3.05, 3.63) is 102 Å². The maximum Gasteiger partial charge on any atom is 0.243 e. The van der Waals surface area contributed by atoms with Crippen LogP contribution in [0.15, 0.2) is 91.0 Å². The second kappa shape index (κ2) is 12.3. The molecule has 3 rings (SSSR count). The Hall–Kier alpha value is -4.45. The van der Waals surface area contributed by atoms with Gasteiger partial charge in [-0.25, -0.2) is 0 Å². The van der Waals surface area contributed by atoms with Crippen molar-refractivity contribution >= 4 is 46.7 Å². The summed E-state index contributed by atoms with van der Waals surface area (Å²) in [6, 6.07) is 24.0. The predicted octanol–water partition coefficient (Wildman–Crippen LogP) is 4.94. The van der Waals surface area contributed by atoms with Crippen molar-refractivity contribution in [1.82, 2.24) is 0 Å². The molecule has 6 heteroatoms. The van der Waals surface area contributed by atoms with Gasteiger partial charge in [-0.1, -0.05) is 54.6 Å². The molecule has 1 amide bonds. The van der Waals surface area contributed by atoms with Crippen LogP contribution < -0.4 is 15.1 Å². The third kappa shape index (κ3) is 7.27. The number of para-hydroxylation sites is 1. The highest BCUT2D eigenvalue weighted by Crippen LogP contribution is 2.17. The summed E-state index contributed by atoms with van der Waals surface area (Å²) in [5.41, 5.74) is 4.15.